The van der Waals surface area contributed by atoms with Gasteiger partial charge >= 0.3 is 6.09 Å². The van der Waals surface area contributed by atoms with Gasteiger partial charge in [-0.1, -0.05) is 24.3 Å². The van der Waals surface area contributed by atoms with Crippen LogP contribution in [0.4, 0.5) is 4.79 Å². The molecule has 0 aliphatic heterocycles. The first-order chi connectivity index (χ1) is 10.9. The smallest absolute Gasteiger partial charge is 0.407 e. The number of hydrogen-bond donors (Lipinski definition) is 3. The number of rotatable bonds is 6. The monoisotopic (exact) mass is 316 g/mol. The number of alkyl carbamates (subject to hydrolysis) is 1. The summed E-state index contributed by atoms with van der Waals surface area (Å²) in [5.74, 6) is 0.909. The van der Waals surface area contributed by atoms with Crippen molar-refractivity contribution in [2.24, 2.45) is 0 Å². The van der Waals surface area contributed by atoms with Gasteiger partial charge in [0.15, 0.2) is 0 Å². The third kappa shape index (κ3) is 6.12. The van der Waals surface area contributed by atoms with Crippen LogP contribution in [0.2, 0.25) is 0 Å². The molecule has 0 spiro atoms. The molecule has 1 aromatic heterocycles. The van der Waals surface area contributed by atoms with E-state index in [0.717, 1.165) is 16.9 Å². The number of carbonyl (C=O) groups excluding carboxylic acids is 1. The maximum Gasteiger partial charge on any atom is 0.407 e. The number of nitrogens with zero attached hydrogens (tertiary/aromatic N) is 1. The molecule has 0 aliphatic rings. The Morgan fingerprint density at radius 3 is 2.74 bits per heavy atom. The molecule has 0 atom stereocenters. The Morgan fingerprint density at radius 2 is 2.00 bits per heavy atom. The first-order valence-electron chi connectivity index (χ1n) is 7.70. The van der Waals surface area contributed by atoms with E-state index >= 15 is 0 Å². The van der Waals surface area contributed by atoms with E-state index in [4.69, 9.17) is 4.74 Å². The van der Waals surface area contributed by atoms with Gasteiger partial charge in [0.1, 0.15) is 11.4 Å². The van der Waals surface area contributed by atoms with Crippen molar-refractivity contribution in [1.82, 2.24) is 20.6 Å². The predicted molar refractivity (Wildman–Crippen MR) is 91.2 cm³/mol. The lowest BCUT2D eigenvalue weighted by Gasteiger charge is -2.19. The second kappa shape index (κ2) is 7.78. The molecule has 6 nitrogen and oxygen atoms in total. The predicted octanol–water partition coefficient (Wildman–Crippen LogP) is 2.73. The maximum atomic E-state index is 11.4. The fourth-order valence-electron chi connectivity index (χ4n) is 1.99. The van der Waals surface area contributed by atoms with Crippen molar-refractivity contribution >= 4 is 17.1 Å². The molecule has 0 saturated heterocycles. The molecule has 0 bridgehead atoms. The standard InChI is InChI=1S/C17H24N4O2/c1-17(2,3)23-16(22)19-11-7-6-10-18-12-15-20-13-8-4-5-9-14(13)21-15/h4-9,18H,10-12H2,1-3H3,(H,19,22)(H,20,21)/b7-6+. The highest BCUT2D eigenvalue weighted by molar-refractivity contribution is 5.74. The molecular weight excluding hydrogens is 292 g/mol. The number of benzene rings is 1. The quantitative estimate of drug-likeness (QED) is 0.565. The van der Waals surface area contributed by atoms with Crippen LogP contribution in [-0.2, 0) is 11.3 Å². The highest BCUT2D eigenvalue weighted by Crippen LogP contribution is 2.09. The summed E-state index contributed by atoms with van der Waals surface area (Å²) in [6.45, 7) is 7.33. The Morgan fingerprint density at radius 1 is 1.26 bits per heavy atom. The lowest BCUT2D eigenvalue weighted by atomic mass is 10.2. The molecule has 0 radical (unpaired) electrons. The Balaban J connectivity index is 1.62. The van der Waals surface area contributed by atoms with Crippen LogP contribution in [0.15, 0.2) is 36.4 Å². The Kier molecular flexibility index (Phi) is 5.76. The summed E-state index contributed by atoms with van der Waals surface area (Å²) >= 11 is 0. The van der Waals surface area contributed by atoms with E-state index in [1.54, 1.807) is 0 Å². The number of aromatic amines is 1. The normalized spacial score (nSPS) is 12.0. The van der Waals surface area contributed by atoms with Gasteiger partial charge in [0, 0.05) is 13.1 Å². The molecule has 0 fully saturated rings. The van der Waals surface area contributed by atoms with E-state index in [0.29, 0.717) is 19.6 Å². The van der Waals surface area contributed by atoms with E-state index < -0.39 is 11.7 Å². The van der Waals surface area contributed by atoms with Crippen molar-refractivity contribution < 1.29 is 9.53 Å². The van der Waals surface area contributed by atoms with Crippen molar-refractivity contribution in [3.05, 3.63) is 42.2 Å². The minimum Gasteiger partial charge on any atom is -0.444 e. The zero-order valence-corrected chi connectivity index (χ0v) is 13.8. The molecular formula is C17H24N4O2. The number of aromatic nitrogens is 2. The Labute approximate surface area is 136 Å². The van der Waals surface area contributed by atoms with E-state index in [-0.39, 0.29) is 0 Å². The van der Waals surface area contributed by atoms with E-state index in [2.05, 4.69) is 20.6 Å². The Hall–Kier alpha value is -2.34. The van der Waals surface area contributed by atoms with Crippen molar-refractivity contribution in [2.45, 2.75) is 32.9 Å². The minimum absolute atomic E-state index is 0.405. The summed E-state index contributed by atoms with van der Waals surface area (Å²) < 4.78 is 5.14. The molecule has 1 heterocycles. The molecule has 0 unspecified atom stereocenters. The van der Waals surface area contributed by atoms with Gasteiger partial charge in [0.05, 0.1) is 17.6 Å². The second-order valence-electron chi connectivity index (χ2n) is 6.19. The number of fused-ring (bicyclic) bond motifs is 1. The summed E-state index contributed by atoms with van der Waals surface area (Å²) in [6, 6.07) is 7.95. The van der Waals surface area contributed by atoms with Crippen molar-refractivity contribution in [1.29, 1.82) is 0 Å². The molecule has 23 heavy (non-hydrogen) atoms. The van der Waals surface area contributed by atoms with Gasteiger partial charge in [-0.05, 0) is 32.9 Å². The SMILES string of the molecule is CC(C)(C)OC(=O)NC/C=C/CNCc1nc2ccccc2[nH]1. The molecule has 1 aromatic carbocycles. The number of H-pyrrole nitrogens is 1. The molecule has 2 rings (SSSR count). The number of para-hydroxylation sites is 2. The molecule has 124 valence electrons. The fraction of sp³-hybridized carbons (Fsp3) is 0.412. The number of amides is 1. The number of hydrogen-bond acceptors (Lipinski definition) is 4. The highest BCUT2D eigenvalue weighted by Gasteiger charge is 2.14. The molecule has 3 N–H and O–H groups in total. The van der Waals surface area contributed by atoms with Crippen LogP contribution in [0, 0.1) is 0 Å². The van der Waals surface area contributed by atoms with Crippen LogP contribution in [0.3, 0.4) is 0 Å². The summed E-state index contributed by atoms with van der Waals surface area (Å²) in [4.78, 5) is 19.2. The lowest BCUT2D eigenvalue weighted by molar-refractivity contribution is 0.0534. The van der Waals surface area contributed by atoms with Gasteiger partial charge in [0.2, 0.25) is 0 Å². The van der Waals surface area contributed by atoms with Crippen LogP contribution >= 0.6 is 0 Å². The van der Waals surface area contributed by atoms with Crippen molar-refractivity contribution in [3.63, 3.8) is 0 Å². The number of carbonyl (C=O) groups is 1. The molecule has 6 heteroatoms. The van der Waals surface area contributed by atoms with Crippen LogP contribution in [0.1, 0.15) is 26.6 Å². The van der Waals surface area contributed by atoms with Crippen LogP contribution < -0.4 is 10.6 Å². The molecule has 1 amide bonds. The van der Waals surface area contributed by atoms with Gasteiger partial charge in [0.25, 0.3) is 0 Å². The van der Waals surface area contributed by atoms with Crippen molar-refractivity contribution in [2.75, 3.05) is 13.1 Å². The van der Waals surface area contributed by atoms with E-state index in [1.807, 2.05) is 57.2 Å². The zero-order chi connectivity index (χ0) is 16.7. The van der Waals surface area contributed by atoms with E-state index in [9.17, 15) is 4.79 Å². The molecule has 0 aliphatic carbocycles. The van der Waals surface area contributed by atoms with Crippen LogP contribution in [0.5, 0.6) is 0 Å². The van der Waals surface area contributed by atoms with Crippen LogP contribution in [-0.4, -0.2) is 34.8 Å². The summed E-state index contributed by atoms with van der Waals surface area (Å²) in [6.07, 6.45) is 3.44. The highest BCUT2D eigenvalue weighted by atomic mass is 16.6. The fourth-order valence-corrected chi connectivity index (χ4v) is 1.99. The summed E-state index contributed by atoms with van der Waals surface area (Å²) in [5.41, 5.74) is 1.55. The largest absolute Gasteiger partial charge is 0.444 e. The minimum atomic E-state index is -0.470. The average Bonchev–Trinajstić information content (AvgIpc) is 2.87. The summed E-state index contributed by atoms with van der Waals surface area (Å²) in [7, 11) is 0. The molecule has 0 saturated carbocycles. The van der Waals surface area contributed by atoms with Gasteiger partial charge in [-0.25, -0.2) is 9.78 Å². The van der Waals surface area contributed by atoms with Gasteiger partial charge in [-0.2, -0.15) is 0 Å². The third-order valence-corrected chi connectivity index (χ3v) is 2.92. The Bertz CT molecular complexity index is 638. The third-order valence-electron chi connectivity index (χ3n) is 2.92. The molecule has 2 aromatic rings. The van der Waals surface area contributed by atoms with Gasteiger partial charge in [-0.15, -0.1) is 0 Å². The van der Waals surface area contributed by atoms with E-state index in [1.165, 1.54) is 0 Å². The van der Waals surface area contributed by atoms with Gasteiger partial charge in [-0.3, -0.25) is 0 Å². The number of nitrogens with one attached hydrogen (secondary N) is 3. The topological polar surface area (TPSA) is 79.0 Å². The number of imidazole rings is 1. The average molecular weight is 316 g/mol. The maximum absolute atomic E-state index is 11.4. The van der Waals surface area contributed by atoms with Crippen LogP contribution in [0.25, 0.3) is 11.0 Å². The summed E-state index contributed by atoms with van der Waals surface area (Å²) in [5, 5.41) is 5.94. The first-order valence-corrected chi connectivity index (χ1v) is 7.70. The van der Waals surface area contributed by atoms with Crippen molar-refractivity contribution in [3.8, 4) is 0 Å². The number of ether oxygens (including phenoxy) is 1. The van der Waals surface area contributed by atoms with Gasteiger partial charge < -0.3 is 20.4 Å². The first kappa shape index (κ1) is 17.0. The second-order valence-corrected chi connectivity index (χ2v) is 6.19. The zero-order valence-electron chi connectivity index (χ0n) is 13.8. The lowest BCUT2D eigenvalue weighted by Crippen LogP contribution is -2.32.